The lowest BCUT2D eigenvalue weighted by molar-refractivity contribution is 0.0946. The highest BCUT2D eigenvalue weighted by atomic mass is 32.1. The van der Waals surface area contributed by atoms with Gasteiger partial charge in [0.15, 0.2) is 0 Å². The number of nitrogens with one attached hydrogen (secondary N) is 1. The number of pyridine rings is 1. The maximum atomic E-state index is 11.9. The SMILES string of the molecule is Cc1cccc(CNC(=O)c2csc(CCN)n2)n1. The molecule has 2 aromatic heterocycles. The smallest absolute Gasteiger partial charge is 0.271 e. The van der Waals surface area contributed by atoms with E-state index in [1.165, 1.54) is 11.3 Å². The van der Waals surface area contributed by atoms with Crippen molar-refractivity contribution in [2.24, 2.45) is 5.73 Å². The van der Waals surface area contributed by atoms with E-state index in [2.05, 4.69) is 15.3 Å². The van der Waals surface area contributed by atoms with Crippen molar-refractivity contribution in [3.8, 4) is 0 Å². The fourth-order valence-electron chi connectivity index (χ4n) is 1.61. The molecule has 1 amide bonds. The van der Waals surface area contributed by atoms with Gasteiger partial charge in [-0.15, -0.1) is 11.3 Å². The van der Waals surface area contributed by atoms with E-state index in [9.17, 15) is 4.79 Å². The molecule has 100 valence electrons. The minimum atomic E-state index is -0.178. The minimum absolute atomic E-state index is 0.178. The van der Waals surface area contributed by atoms with Crippen molar-refractivity contribution < 1.29 is 4.79 Å². The highest BCUT2D eigenvalue weighted by Gasteiger charge is 2.10. The Morgan fingerprint density at radius 3 is 3.00 bits per heavy atom. The first-order chi connectivity index (χ1) is 9.19. The first-order valence-electron chi connectivity index (χ1n) is 6.04. The van der Waals surface area contributed by atoms with Crippen LogP contribution in [0.4, 0.5) is 0 Å². The summed E-state index contributed by atoms with van der Waals surface area (Å²) in [6.07, 6.45) is 0.706. The number of thiazole rings is 1. The fourth-order valence-corrected chi connectivity index (χ4v) is 2.41. The quantitative estimate of drug-likeness (QED) is 0.862. The van der Waals surface area contributed by atoms with Gasteiger partial charge in [0.1, 0.15) is 5.69 Å². The van der Waals surface area contributed by atoms with Crippen LogP contribution in [0.25, 0.3) is 0 Å². The van der Waals surface area contributed by atoms with Crippen LogP contribution < -0.4 is 11.1 Å². The van der Waals surface area contributed by atoms with Gasteiger partial charge in [0, 0.05) is 17.5 Å². The summed E-state index contributed by atoms with van der Waals surface area (Å²) in [7, 11) is 0. The van der Waals surface area contributed by atoms with E-state index in [-0.39, 0.29) is 5.91 Å². The number of hydrogen-bond acceptors (Lipinski definition) is 5. The van der Waals surface area contributed by atoms with Crippen LogP contribution in [-0.4, -0.2) is 22.4 Å². The Bertz CT molecular complexity index is 567. The van der Waals surface area contributed by atoms with Crippen LogP contribution in [0, 0.1) is 6.92 Å². The Morgan fingerprint density at radius 2 is 2.26 bits per heavy atom. The van der Waals surface area contributed by atoms with Gasteiger partial charge in [-0.2, -0.15) is 0 Å². The molecule has 2 heterocycles. The number of carbonyl (C=O) groups is 1. The lowest BCUT2D eigenvalue weighted by Gasteiger charge is -2.03. The van der Waals surface area contributed by atoms with E-state index in [0.717, 1.165) is 16.4 Å². The average molecular weight is 276 g/mol. The Morgan fingerprint density at radius 1 is 1.42 bits per heavy atom. The van der Waals surface area contributed by atoms with Gasteiger partial charge in [0.2, 0.25) is 0 Å². The maximum absolute atomic E-state index is 11.9. The Balaban J connectivity index is 1.93. The zero-order valence-electron chi connectivity index (χ0n) is 10.7. The lowest BCUT2D eigenvalue weighted by Crippen LogP contribution is -2.23. The van der Waals surface area contributed by atoms with Crippen molar-refractivity contribution in [2.75, 3.05) is 6.54 Å². The number of nitrogens with zero attached hydrogens (tertiary/aromatic N) is 2. The van der Waals surface area contributed by atoms with Gasteiger partial charge in [-0.05, 0) is 25.6 Å². The predicted octanol–water partition coefficient (Wildman–Crippen LogP) is 1.28. The Hall–Kier alpha value is -1.79. The molecule has 0 aromatic carbocycles. The van der Waals surface area contributed by atoms with Crippen LogP contribution in [0.5, 0.6) is 0 Å². The van der Waals surface area contributed by atoms with Crippen LogP contribution >= 0.6 is 11.3 Å². The number of rotatable bonds is 5. The number of aryl methyl sites for hydroxylation is 1. The lowest BCUT2D eigenvalue weighted by atomic mass is 10.3. The fraction of sp³-hybridized carbons (Fsp3) is 0.308. The van der Waals surface area contributed by atoms with Crippen LogP contribution in [-0.2, 0) is 13.0 Å². The van der Waals surface area contributed by atoms with Crippen molar-refractivity contribution in [3.05, 3.63) is 45.7 Å². The third kappa shape index (κ3) is 3.84. The van der Waals surface area contributed by atoms with Gasteiger partial charge >= 0.3 is 0 Å². The first kappa shape index (κ1) is 13.6. The maximum Gasteiger partial charge on any atom is 0.271 e. The minimum Gasteiger partial charge on any atom is -0.345 e. The van der Waals surface area contributed by atoms with E-state index < -0.39 is 0 Å². The largest absolute Gasteiger partial charge is 0.345 e. The molecule has 2 rings (SSSR count). The molecular formula is C13H16N4OS. The molecule has 19 heavy (non-hydrogen) atoms. The molecule has 0 aliphatic heterocycles. The van der Waals surface area contributed by atoms with E-state index in [4.69, 9.17) is 5.73 Å². The molecular weight excluding hydrogens is 260 g/mol. The number of carbonyl (C=O) groups excluding carboxylic acids is 1. The van der Waals surface area contributed by atoms with Gasteiger partial charge in [0.05, 0.1) is 17.2 Å². The number of nitrogens with two attached hydrogens (primary N) is 1. The molecule has 0 aliphatic rings. The van der Waals surface area contributed by atoms with Crippen LogP contribution in [0.3, 0.4) is 0 Å². The molecule has 0 atom stereocenters. The van der Waals surface area contributed by atoms with Crippen molar-refractivity contribution in [2.45, 2.75) is 19.9 Å². The summed E-state index contributed by atoms with van der Waals surface area (Å²) in [6.45, 7) is 2.87. The number of amides is 1. The van der Waals surface area contributed by atoms with Crippen molar-refractivity contribution in [1.29, 1.82) is 0 Å². The van der Waals surface area contributed by atoms with Crippen molar-refractivity contribution in [3.63, 3.8) is 0 Å². The van der Waals surface area contributed by atoms with Crippen molar-refractivity contribution in [1.82, 2.24) is 15.3 Å². The van der Waals surface area contributed by atoms with E-state index in [1.54, 1.807) is 5.38 Å². The zero-order valence-corrected chi connectivity index (χ0v) is 11.5. The molecule has 0 saturated carbocycles. The van der Waals surface area contributed by atoms with E-state index in [0.29, 0.717) is 25.2 Å². The number of hydrogen-bond donors (Lipinski definition) is 2. The third-order valence-electron chi connectivity index (χ3n) is 2.52. The second kappa shape index (κ2) is 6.40. The molecule has 0 radical (unpaired) electrons. The van der Waals surface area contributed by atoms with Gasteiger partial charge in [-0.25, -0.2) is 4.98 Å². The Kier molecular flexibility index (Phi) is 4.59. The van der Waals surface area contributed by atoms with E-state index >= 15 is 0 Å². The monoisotopic (exact) mass is 276 g/mol. The van der Waals surface area contributed by atoms with Gasteiger partial charge < -0.3 is 11.1 Å². The second-order valence-corrected chi connectivity index (χ2v) is 5.06. The molecule has 3 N–H and O–H groups in total. The molecule has 0 aliphatic carbocycles. The van der Waals surface area contributed by atoms with Crippen LogP contribution in [0.1, 0.15) is 26.9 Å². The van der Waals surface area contributed by atoms with Gasteiger partial charge in [-0.1, -0.05) is 6.07 Å². The standard InChI is InChI=1S/C13H16N4OS/c1-9-3-2-4-10(16-9)7-15-13(18)11-8-19-12(17-11)5-6-14/h2-4,8H,5-7,14H2,1H3,(H,15,18). The summed E-state index contributed by atoms with van der Waals surface area (Å²) in [5.74, 6) is -0.178. The normalized spacial score (nSPS) is 10.4. The van der Waals surface area contributed by atoms with Gasteiger partial charge in [-0.3, -0.25) is 9.78 Å². The highest BCUT2D eigenvalue weighted by Crippen LogP contribution is 2.10. The third-order valence-corrected chi connectivity index (χ3v) is 3.43. The zero-order chi connectivity index (χ0) is 13.7. The van der Waals surface area contributed by atoms with Crippen LogP contribution in [0.2, 0.25) is 0 Å². The molecule has 6 heteroatoms. The molecule has 0 unspecified atom stereocenters. The van der Waals surface area contributed by atoms with E-state index in [1.807, 2.05) is 25.1 Å². The molecule has 2 aromatic rings. The van der Waals surface area contributed by atoms with Crippen LogP contribution in [0.15, 0.2) is 23.6 Å². The molecule has 0 fully saturated rings. The average Bonchev–Trinajstić information content (AvgIpc) is 2.85. The summed E-state index contributed by atoms with van der Waals surface area (Å²) in [5.41, 5.74) is 7.67. The van der Waals surface area contributed by atoms with Gasteiger partial charge in [0.25, 0.3) is 5.91 Å². The second-order valence-electron chi connectivity index (χ2n) is 4.12. The first-order valence-corrected chi connectivity index (χ1v) is 6.92. The van der Waals surface area contributed by atoms with Crippen molar-refractivity contribution >= 4 is 17.2 Å². The Labute approximate surface area is 115 Å². The summed E-state index contributed by atoms with van der Waals surface area (Å²) < 4.78 is 0. The summed E-state index contributed by atoms with van der Waals surface area (Å²) in [4.78, 5) is 20.5. The molecule has 0 bridgehead atoms. The summed E-state index contributed by atoms with van der Waals surface area (Å²) in [6, 6.07) is 5.73. The predicted molar refractivity (Wildman–Crippen MR) is 75.0 cm³/mol. The molecule has 0 spiro atoms. The molecule has 5 nitrogen and oxygen atoms in total. The summed E-state index contributed by atoms with van der Waals surface area (Å²) in [5, 5.41) is 5.45. The number of aromatic nitrogens is 2. The topological polar surface area (TPSA) is 80.9 Å². The highest BCUT2D eigenvalue weighted by molar-refractivity contribution is 7.09. The summed E-state index contributed by atoms with van der Waals surface area (Å²) >= 11 is 1.46. The molecule has 0 saturated heterocycles.